The molecular formula is C17H26N2O2. The van der Waals surface area contributed by atoms with Crippen LogP contribution in [0, 0.1) is 0 Å². The molecule has 1 aliphatic heterocycles. The fourth-order valence-electron chi connectivity index (χ4n) is 2.91. The fraction of sp³-hybridized carbons (Fsp3) is 0.588. The number of hydrogen-bond acceptors (Lipinski definition) is 3. The largest absolute Gasteiger partial charge is 0.508 e. The van der Waals surface area contributed by atoms with Gasteiger partial charge in [-0.05, 0) is 57.0 Å². The van der Waals surface area contributed by atoms with Crippen molar-refractivity contribution in [1.29, 1.82) is 0 Å². The van der Waals surface area contributed by atoms with Crippen LogP contribution in [0.5, 0.6) is 5.75 Å². The molecule has 1 aromatic rings. The Labute approximate surface area is 127 Å². The van der Waals surface area contributed by atoms with Crippen molar-refractivity contribution in [2.75, 3.05) is 20.1 Å². The highest BCUT2D eigenvalue weighted by Gasteiger charge is 2.19. The van der Waals surface area contributed by atoms with E-state index in [2.05, 4.69) is 11.8 Å². The Hall–Kier alpha value is -1.55. The summed E-state index contributed by atoms with van der Waals surface area (Å²) in [6.45, 7) is 5.11. The van der Waals surface area contributed by atoms with Gasteiger partial charge in [0.05, 0.1) is 0 Å². The molecule has 1 aliphatic rings. The van der Waals surface area contributed by atoms with Crippen LogP contribution in [0.2, 0.25) is 0 Å². The number of phenolic OH excluding ortho intramolecular Hbond substituents is 1. The Morgan fingerprint density at radius 3 is 2.76 bits per heavy atom. The lowest BCUT2D eigenvalue weighted by molar-refractivity contribution is -0.130. The molecule has 0 spiro atoms. The first-order valence-electron chi connectivity index (χ1n) is 7.82. The van der Waals surface area contributed by atoms with E-state index in [0.29, 0.717) is 19.0 Å². The minimum atomic E-state index is 0.171. The molecule has 21 heavy (non-hydrogen) atoms. The lowest BCUT2D eigenvalue weighted by Gasteiger charge is -2.24. The van der Waals surface area contributed by atoms with Crippen LogP contribution in [-0.4, -0.2) is 47.0 Å². The lowest BCUT2D eigenvalue weighted by atomic mass is 10.1. The molecule has 1 fully saturated rings. The standard InChI is InChI=1S/C17H26N2O2/c1-14(19-10-3-4-11-19)8-9-17(21)18(2)13-15-6-5-7-16(20)12-15/h5-7,12,14,20H,3-4,8-11,13H2,1-2H3. The first-order valence-corrected chi connectivity index (χ1v) is 7.82. The zero-order valence-corrected chi connectivity index (χ0v) is 13.1. The van der Waals surface area contributed by atoms with E-state index in [9.17, 15) is 9.90 Å². The van der Waals surface area contributed by atoms with Gasteiger partial charge in [-0.1, -0.05) is 12.1 Å². The summed E-state index contributed by atoms with van der Waals surface area (Å²) in [4.78, 5) is 16.4. The van der Waals surface area contributed by atoms with E-state index < -0.39 is 0 Å². The fourth-order valence-corrected chi connectivity index (χ4v) is 2.91. The van der Waals surface area contributed by atoms with Crippen LogP contribution >= 0.6 is 0 Å². The van der Waals surface area contributed by atoms with Crippen LogP contribution in [0.3, 0.4) is 0 Å². The smallest absolute Gasteiger partial charge is 0.222 e. The molecule has 0 aliphatic carbocycles. The van der Waals surface area contributed by atoms with Crippen molar-refractivity contribution in [3.05, 3.63) is 29.8 Å². The normalized spacial score (nSPS) is 16.9. The average Bonchev–Trinajstić information content (AvgIpc) is 2.98. The van der Waals surface area contributed by atoms with Crippen molar-refractivity contribution in [3.63, 3.8) is 0 Å². The first kappa shape index (κ1) is 15.8. The maximum atomic E-state index is 12.2. The topological polar surface area (TPSA) is 43.8 Å². The number of rotatable bonds is 6. The van der Waals surface area contributed by atoms with Crippen molar-refractivity contribution < 1.29 is 9.90 Å². The third-order valence-corrected chi connectivity index (χ3v) is 4.30. The van der Waals surface area contributed by atoms with Crippen LogP contribution in [0.1, 0.15) is 38.2 Å². The predicted octanol–water partition coefficient (Wildman–Crippen LogP) is 2.62. The molecule has 0 radical (unpaired) electrons. The second-order valence-electron chi connectivity index (χ2n) is 6.05. The third-order valence-electron chi connectivity index (χ3n) is 4.30. The number of benzene rings is 1. The monoisotopic (exact) mass is 290 g/mol. The molecule has 1 amide bonds. The molecule has 4 heteroatoms. The molecule has 0 bridgehead atoms. The van der Waals surface area contributed by atoms with Crippen molar-refractivity contribution in [2.45, 2.75) is 45.2 Å². The van der Waals surface area contributed by atoms with Crippen molar-refractivity contribution in [2.24, 2.45) is 0 Å². The zero-order chi connectivity index (χ0) is 15.2. The van der Waals surface area contributed by atoms with E-state index in [1.807, 2.05) is 13.1 Å². The second-order valence-corrected chi connectivity index (χ2v) is 6.05. The highest BCUT2D eigenvalue weighted by atomic mass is 16.3. The summed E-state index contributed by atoms with van der Waals surface area (Å²) in [5.74, 6) is 0.417. The van der Waals surface area contributed by atoms with Crippen LogP contribution < -0.4 is 0 Å². The highest BCUT2D eigenvalue weighted by molar-refractivity contribution is 5.75. The molecule has 1 heterocycles. The molecule has 1 N–H and O–H groups in total. The van der Waals surface area contributed by atoms with E-state index in [1.165, 1.54) is 25.9 Å². The molecule has 1 saturated heterocycles. The zero-order valence-electron chi connectivity index (χ0n) is 13.1. The summed E-state index contributed by atoms with van der Waals surface area (Å²) in [6, 6.07) is 7.57. The van der Waals surface area contributed by atoms with Gasteiger partial charge in [0.2, 0.25) is 5.91 Å². The number of carbonyl (C=O) groups excluding carboxylic acids is 1. The third kappa shape index (κ3) is 4.74. The maximum Gasteiger partial charge on any atom is 0.222 e. The van der Waals surface area contributed by atoms with E-state index in [1.54, 1.807) is 23.1 Å². The summed E-state index contributed by atoms with van der Waals surface area (Å²) in [6.07, 6.45) is 4.08. The van der Waals surface area contributed by atoms with Crippen molar-refractivity contribution >= 4 is 5.91 Å². The Morgan fingerprint density at radius 1 is 1.38 bits per heavy atom. The van der Waals surface area contributed by atoms with Gasteiger partial charge in [0.25, 0.3) is 0 Å². The summed E-state index contributed by atoms with van der Waals surface area (Å²) in [7, 11) is 1.83. The number of phenols is 1. The van der Waals surface area contributed by atoms with Crippen LogP contribution in [-0.2, 0) is 11.3 Å². The summed E-state index contributed by atoms with van der Waals surface area (Å²) >= 11 is 0. The van der Waals surface area contributed by atoms with Gasteiger partial charge in [0.15, 0.2) is 0 Å². The van der Waals surface area contributed by atoms with Crippen LogP contribution in [0.4, 0.5) is 0 Å². The molecule has 1 unspecified atom stereocenters. The van der Waals surface area contributed by atoms with Gasteiger partial charge in [0, 0.05) is 26.1 Å². The summed E-state index contributed by atoms with van der Waals surface area (Å²) in [5.41, 5.74) is 0.957. The van der Waals surface area contributed by atoms with Gasteiger partial charge in [0.1, 0.15) is 5.75 Å². The van der Waals surface area contributed by atoms with Crippen LogP contribution in [0.25, 0.3) is 0 Å². The highest BCUT2D eigenvalue weighted by Crippen LogP contribution is 2.16. The van der Waals surface area contributed by atoms with Gasteiger partial charge in [-0.15, -0.1) is 0 Å². The van der Waals surface area contributed by atoms with Gasteiger partial charge in [-0.25, -0.2) is 0 Å². The molecular weight excluding hydrogens is 264 g/mol. The number of amides is 1. The quantitative estimate of drug-likeness (QED) is 0.876. The molecule has 0 aromatic heterocycles. The van der Waals surface area contributed by atoms with E-state index in [4.69, 9.17) is 0 Å². The molecule has 1 aromatic carbocycles. The number of aromatic hydroxyl groups is 1. The molecule has 1 atom stereocenters. The average molecular weight is 290 g/mol. The number of hydrogen-bond donors (Lipinski definition) is 1. The predicted molar refractivity (Wildman–Crippen MR) is 84.1 cm³/mol. The maximum absolute atomic E-state index is 12.2. The van der Waals surface area contributed by atoms with Crippen molar-refractivity contribution in [1.82, 2.24) is 9.80 Å². The Balaban J connectivity index is 1.77. The number of likely N-dealkylation sites (tertiary alicyclic amines) is 1. The van der Waals surface area contributed by atoms with Crippen molar-refractivity contribution in [3.8, 4) is 5.75 Å². The Morgan fingerprint density at radius 2 is 2.10 bits per heavy atom. The minimum absolute atomic E-state index is 0.171. The van der Waals surface area contributed by atoms with Crippen LogP contribution in [0.15, 0.2) is 24.3 Å². The van der Waals surface area contributed by atoms with E-state index in [0.717, 1.165) is 12.0 Å². The van der Waals surface area contributed by atoms with E-state index in [-0.39, 0.29) is 11.7 Å². The summed E-state index contributed by atoms with van der Waals surface area (Å²) in [5, 5.41) is 9.45. The van der Waals surface area contributed by atoms with Gasteiger partial charge >= 0.3 is 0 Å². The van der Waals surface area contributed by atoms with Gasteiger partial charge < -0.3 is 14.9 Å². The second kappa shape index (κ2) is 7.46. The SMILES string of the molecule is CC(CCC(=O)N(C)Cc1cccc(O)c1)N1CCCC1. The minimum Gasteiger partial charge on any atom is -0.508 e. The molecule has 116 valence electrons. The first-order chi connectivity index (χ1) is 10.1. The van der Waals surface area contributed by atoms with Gasteiger partial charge in [-0.2, -0.15) is 0 Å². The molecule has 4 nitrogen and oxygen atoms in total. The molecule has 2 rings (SSSR count). The Bertz CT molecular complexity index is 470. The lowest BCUT2D eigenvalue weighted by Crippen LogP contribution is -2.32. The Kier molecular flexibility index (Phi) is 5.62. The number of nitrogens with zero attached hydrogens (tertiary/aromatic N) is 2. The molecule has 0 saturated carbocycles. The van der Waals surface area contributed by atoms with E-state index >= 15 is 0 Å². The summed E-state index contributed by atoms with van der Waals surface area (Å²) < 4.78 is 0. The number of carbonyl (C=O) groups is 1. The van der Waals surface area contributed by atoms with Gasteiger partial charge in [-0.3, -0.25) is 4.79 Å².